The Kier molecular flexibility index (Phi) is 6.28. The van der Waals surface area contributed by atoms with Crippen LogP contribution in [-0.2, 0) is 6.42 Å². The first-order valence-corrected chi connectivity index (χ1v) is 8.51. The summed E-state index contributed by atoms with van der Waals surface area (Å²) in [6.45, 7) is 5.29. The lowest BCUT2D eigenvalue weighted by Crippen LogP contribution is -2.24. The molecule has 0 aliphatic heterocycles. The van der Waals surface area contributed by atoms with Crippen LogP contribution < -0.4 is 5.32 Å². The lowest BCUT2D eigenvalue weighted by molar-refractivity contribution is 0.527. The van der Waals surface area contributed by atoms with Gasteiger partial charge in [-0.25, -0.2) is 0 Å². The van der Waals surface area contributed by atoms with Gasteiger partial charge in [0.05, 0.1) is 0 Å². The van der Waals surface area contributed by atoms with E-state index < -0.39 is 0 Å². The fraction of sp³-hybridized carbons (Fsp3) is 0.333. The van der Waals surface area contributed by atoms with Gasteiger partial charge < -0.3 is 5.32 Å². The summed E-state index contributed by atoms with van der Waals surface area (Å²) in [7, 11) is 0. The van der Waals surface area contributed by atoms with E-state index in [1.54, 1.807) is 0 Å². The molecule has 1 N–H and O–H groups in total. The Balaban J connectivity index is 2.25. The fourth-order valence-electron chi connectivity index (χ4n) is 2.47. The average molecular weight is 367 g/mol. The summed E-state index contributed by atoms with van der Waals surface area (Å²) in [6.07, 6.45) is 2.09. The summed E-state index contributed by atoms with van der Waals surface area (Å²) in [4.78, 5) is 0. The molecule has 0 saturated carbocycles. The van der Waals surface area contributed by atoms with Gasteiger partial charge in [0.1, 0.15) is 0 Å². The van der Waals surface area contributed by atoms with E-state index in [2.05, 4.69) is 65.4 Å². The molecule has 1 nitrogen and oxygen atoms in total. The van der Waals surface area contributed by atoms with Crippen molar-refractivity contribution in [2.24, 2.45) is 0 Å². The summed E-state index contributed by atoms with van der Waals surface area (Å²) >= 11 is 9.77. The molecular weight excluding hydrogens is 346 g/mol. The van der Waals surface area contributed by atoms with Gasteiger partial charge in [-0.3, -0.25) is 0 Å². The van der Waals surface area contributed by atoms with E-state index in [4.69, 9.17) is 11.6 Å². The summed E-state index contributed by atoms with van der Waals surface area (Å²) in [5, 5.41) is 4.49. The Morgan fingerprint density at radius 3 is 2.52 bits per heavy atom. The van der Waals surface area contributed by atoms with Crippen LogP contribution in [0.25, 0.3) is 0 Å². The first-order valence-electron chi connectivity index (χ1n) is 7.34. The van der Waals surface area contributed by atoms with Crippen molar-refractivity contribution in [2.45, 2.75) is 32.7 Å². The van der Waals surface area contributed by atoms with Crippen LogP contribution >= 0.6 is 27.5 Å². The highest BCUT2D eigenvalue weighted by Gasteiger charge is 2.15. The van der Waals surface area contributed by atoms with E-state index in [1.807, 2.05) is 12.1 Å². The summed E-state index contributed by atoms with van der Waals surface area (Å²) in [5.41, 5.74) is 3.79. The molecule has 112 valence electrons. The Bertz CT molecular complexity index is 580. The van der Waals surface area contributed by atoms with E-state index in [9.17, 15) is 0 Å². The van der Waals surface area contributed by atoms with Crippen LogP contribution in [0, 0.1) is 6.92 Å². The monoisotopic (exact) mass is 365 g/mol. The maximum atomic E-state index is 6.28. The zero-order valence-electron chi connectivity index (χ0n) is 12.5. The van der Waals surface area contributed by atoms with Crippen LogP contribution in [0.1, 0.15) is 36.1 Å². The molecule has 0 aliphatic carbocycles. The molecule has 0 amide bonds. The molecule has 0 saturated heterocycles. The smallest absolute Gasteiger partial charge is 0.0438 e. The second-order valence-electron chi connectivity index (χ2n) is 5.29. The van der Waals surface area contributed by atoms with Crippen molar-refractivity contribution in [2.75, 3.05) is 6.54 Å². The van der Waals surface area contributed by atoms with Crippen molar-refractivity contribution in [1.82, 2.24) is 5.32 Å². The van der Waals surface area contributed by atoms with Gasteiger partial charge in [0.25, 0.3) is 0 Å². The SMILES string of the molecule is CCCNC(Cc1ccc(Br)cc1)c1cccc(Cl)c1C. The first-order chi connectivity index (χ1) is 10.1. The van der Waals surface area contributed by atoms with Gasteiger partial charge in [0.2, 0.25) is 0 Å². The lowest BCUT2D eigenvalue weighted by atomic mass is 9.95. The van der Waals surface area contributed by atoms with Gasteiger partial charge in [0, 0.05) is 15.5 Å². The predicted molar refractivity (Wildman–Crippen MR) is 95.1 cm³/mol. The van der Waals surface area contributed by atoms with Crippen LogP contribution in [0.2, 0.25) is 5.02 Å². The molecule has 0 aromatic heterocycles. The Morgan fingerprint density at radius 2 is 1.86 bits per heavy atom. The number of hydrogen-bond acceptors (Lipinski definition) is 1. The molecule has 0 spiro atoms. The van der Waals surface area contributed by atoms with E-state index >= 15 is 0 Å². The topological polar surface area (TPSA) is 12.0 Å². The quantitative estimate of drug-likeness (QED) is 0.692. The zero-order valence-corrected chi connectivity index (χ0v) is 14.8. The zero-order chi connectivity index (χ0) is 15.2. The number of nitrogens with one attached hydrogen (secondary N) is 1. The fourth-order valence-corrected chi connectivity index (χ4v) is 2.91. The number of halogens is 2. The minimum atomic E-state index is 0.296. The van der Waals surface area contributed by atoms with Crippen molar-refractivity contribution >= 4 is 27.5 Å². The number of hydrogen-bond donors (Lipinski definition) is 1. The molecule has 1 atom stereocenters. The van der Waals surface area contributed by atoms with E-state index in [0.29, 0.717) is 6.04 Å². The third kappa shape index (κ3) is 4.57. The van der Waals surface area contributed by atoms with Crippen molar-refractivity contribution in [3.8, 4) is 0 Å². The largest absolute Gasteiger partial charge is 0.310 e. The van der Waals surface area contributed by atoms with Gasteiger partial charge >= 0.3 is 0 Å². The third-order valence-electron chi connectivity index (χ3n) is 3.68. The Hall–Kier alpha value is -0.830. The van der Waals surface area contributed by atoms with Gasteiger partial charge in [-0.05, 0) is 61.2 Å². The second kappa shape index (κ2) is 7.98. The molecule has 0 radical (unpaired) electrons. The lowest BCUT2D eigenvalue weighted by Gasteiger charge is -2.22. The predicted octanol–water partition coefficient (Wildman–Crippen LogP) is 5.69. The molecule has 1 unspecified atom stereocenters. The van der Waals surface area contributed by atoms with Crippen molar-refractivity contribution < 1.29 is 0 Å². The van der Waals surface area contributed by atoms with E-state index in [0.717, 1.165) is 28.9 Å². The van der Waals surface area contributed by atoms with E-state index in [1.165, 1.54) is 16.7 Å². The maximum Gasteiger partial charge on any atom is 0.0438 e. The van der Waals surface area contributed by atoms with Crippen molar-refractivity contribution in [3.63, 3.8) is 0 Å². The molecule has 2 aromatic carbocycles. The average Bonchev–Trinajstić information content (AvgIpc) is 2.48. The minimum Gasteiger partial charge on any atom is -0.310 e. The highest BCUT2D eigenvalue weighted by molar-refractivity contribution is 9.10. The van der Waals surface area contributed by atoms with Crippen molar-refractivity contribution in [3.05, 3.63) is 68.7 Å². The molecule has 0 fully saturated rings. The van der Waals surface area contributed by atoms with Crippen molar-refractivity contribution in [1.29, 1.82) is 0 Å². The van der Waals surface area contributed by atoms with Crippen LogP contribution in [0.5, 0.6) is 0 Å². The first kappa shape index (κ1) is 16.5. The van der Waals surface area contributed by atoms with Crippen LogP contribution in [0.15, 0.2) is 46.9 Å². The normalized spacial score (nSPS) is 12.4. The second-order valence-corrected chi connectivity index (χ2v) is 6.61. The molecule has 0 heterocycles. The van der Waals surface area contributed by atoms with Gasteiger partial charge in [0.15, 0.2) is 0 Å². The highest BCUT2D eigenvalue weighted by Crippen LogP contribution is 2.27. The molecule has 3 heteroatoms. The summed E-state index contributed by atoms with van der Waals surface area (Å²) in [6, 6.07) is 15.0. The Labute approximate surface area is 140 Å². The molecule has 0 bridgehead atoms. The molecule has 21 heavy (non-hydrogen) atoms. The number of benzene rings is 2. The molecule has 0 aliphatic rings. The summed E-state index contributed by atoms with van der Waals surface area (Å²) in [5.74, 6) is 0. The summed E-state index contributed by atoms with van der Waals surface area (Å²) < 4.78 is 1.11. The van der Waals surface area contributed by atoms with Crippen LogP contribution in [0.3, 0.4) is 0 Å². The van der Waals surface area contributed by atoms with Gasteiger partial charge in [-0.15, -0.1) is 0 Å². The minimum absolute atomic E-state index is 0.296. The Morgan fingerprint density at radius 1 is 1.14 bits per heavy atom. The standard InChI is InChI=1S/C18H21BrClN/c1-3-11-21-18(12-14-7-9-15(19)10-8-14)16-5-4-6-17(20)13(16)2/h4-10,18,21H,3,11-12H2,1-2H3. The highest BCUT2D eigenvalue weighted by atomic mass is 79.9. The van der Waals surface area contributed by atoms with E-state index in [-0.39, 0.29) is 0 Å². The van der Waals surface area contributed by atoms with Gasteiger partial charge in [-0.2, -0.15) is 0 Å². The van der Waals surface area contributed by atoms with Gasteiger partial charge in [-0.1, -0.05) is 58.7 Å². The molecular formula is C18H21BrClN. The third-order valence-corrected chi connectivity index (χ3v) is 4.62. The maximum absolute atomic E-state index is 6.28. The van der Waals surface area contributed by atoms with Crippen LogP contribution in [-0.4, -0.2) is 6.54 Å². The van der Waals surface area contributed by atoms with Crippen LogP contribution in [0.4, 0.5) is 0 Å². The molecule has 2 rings (SSSR count). The molecule has 2 aromatic rings. The number of rotatable bonds is 6.